The minimum atomic E-state index is -4.81. The average Bonchev–Trinajstić information content (AvgIpc) is 1.98. The van der Waals surface area contributed by atoms with Crippen molar-refractivity contribution in [1.82, 2.24) is 0 Å². The number of rotatable bonds is 3. The summed E-state index contributed by atoms with van der Waals surface area (Å²) in [5.74, 6) is 0.763. The third-order valence-corrected chi connectivity index (χ3v) is 2.06. The summed E-state index contributed by atoms with van der Waals surface area (Å²) in [7, 11) is -4.81. The van der Waals surface area contributed by atoms with Gasteiger partial charge in [0.1, 0.15) is 6.04 Å². The maximum Gasteiger partial charge on any atom is 0.356 e. The van der Waals surface area contributed by atoms with E-state index in [2.05, 4.69) is 10.7 Å². The SMILES string of the molecule is NOC(=O)[C@@H](N)C(O)P(=O)(O)O. The molecule has 0 saturated heterocycles. The van der Waals surface area contributed by atoms with Gasteiger partial charge in [0, 0.05) is 0 Å². The van der Waals surface area contributed by atoms with Crippen LogP contribution in [0, 0.1) is 0 Å². The van der Waals surface area contributed by atoms with Crippen LogP contribution in [0.5, 0.6) is 0 Å². The monoisotopic (exact) mass is 200 g/mol. The van der Waals surface area contributed by atoms with Gasteiger partial charge >= 0.3 is 13.6 Å². The van der Waals surface area contributed by atoms with E-state index in [1.807, 2.05) is 0 Å². The molecule has 2 atom stereocenters. The lowest BCUT2D eigenvalue weighted by Crippen LogP contribution is -2.43. The van der Waals surface area contributed by atoms with E-state index in [9.17, 15) is 9.36 Å². The second-order valence-corrected chi connectivity index (χ2v) is 3.67. The van der Waals surface area contributed by atoms with Crippen LogP contribution in [0.2, 0.25) is 0 Å². The van der Waals surface area contributed by atoms with Gasteiger partial charge in [0.15, 0.2) is 5.85 Å². The van der Waals surface area contributed by atoms with E-state index in [4.69, 9.17) is 20.6 Å². The van der Waals surface area contributed by atoms with E-state index in [0.29, 0.717) is 0 Å². The third kappa shape index (κ3) is 2.86. The summed E-state index contributed by atoms with van der Waals surface area (Å²) in [5, 5.41) is 8.71. The number of carbonyl (C=O) groups excluding carboxylic acids is 1. The maximum atomic E-state index is 10.4. The van der Waals surface area contributed by atoms with Crippen molar-refractivity contribution in [2.45, 2.75) is 11.9 Å². The predicted molar refractivity (Wildman–Crippen MR) is 36.3 cm³/mol. The molecule has 0 aliphatic heterocycles. The Bertz CT molecular complexity index is 213. The molecule has 0 aromatic heterocycles. The molecule has 0 aromatic rings. The molecule has 0 radical (unpaired) electrons. The fourth-order valence-electron chi connectivity index (χ4n) is 0.409. The first kappa shape index (κ1) is 11.5. The number of carbonyl (C=O) groups is 1. The quantitative estimate of drug-likeness (QED) is 0.242. The van der Waals surface area contributed by atoms with Gasteiger partial charge in [0.05, 0.1) is 0 Å². The zero-order valence-corrected chi connectivity index (χ0v) is 6.72. The normalized spacial score (nSPS) is 16.8. The van der Waals surface area contributed by atoms with Crippen LogP contribution in [-0.4, -0.2) is 32.7 Å². The van der Waals surface area contributed by atoms with Crippen molar-refractivity contribution in [3.8, 4) is 0 Å². The van der Waals surface area contributed by atoms with Gasteiger partial charge in [-0.05, 0) is 0 Å². The Labute approximate surface area is 67.2 Å². The topological polar surface area (TPSA) is 156 Å². The zero-order chi connectivity index (χ0) is 9.94. The van der Waals surface area contributed by atoms with Crippen molar-refractivity contribution < 1.29 is 29.1 Å². The molecule has 0 aromatic carbocycles. The molecule has 7 N–H and O–H groups in total. The molecule has 0 aliphatic carbocycles. The van der Waals surface area contributed by atoms with E-state index in [1.165, 1.54) is 0 Å². The zero-order valence-electron chi connectivity index (χ0n) is 5.82. The van der Waals surface area contributed by atoms with Gasteiger partial charge < -0.3 is 25.5 Å². The van der Waals surface area contributed by atoms with E-state index in [0.717, 1.165) is 0 Å². The number of hydrogen-bond donors (Lipinski definition) is 5. The Morgan fingerprint density at radius 2 is 1.92 bits per heavy atom. The fourth-order valence-corrected chi connectivity index (χ4v) is 0.950. The van der Waals surface area contributed by atoms with Crippen LogP contribution in [0.15, 0.2) is 0 Å². The highest BCUT2D eigenvalue weighted by Gasteiger charge is 2.37. The van der Waals surface area contributed by atoms with E-state index < -0.39 is 25.5 Å². The lowest BCUT2D eigenvalue weighted by atomic mass is 10.3. The molecule has 0 saturated carbocycles. The molecular weight excluding hydrogens is 191 g/mol. The van der Waals surface area contributed by atoms with E-state index in [-0.39, 0.29) is 0 Å². The summed E-state index contributed by atoms with van der Waals surface area (Å²) in [6.07, 6.45) is 0. The van der Waals surface area contributed by atoms with Crippen molar-refractivity contribution >= 4 is 13.6 Å². The molecule has 9 heteroatoms. The van der Waals surface area contributed by atoms with Crippen LogP contribution in [0.25, 0.3) is 0 Å². The highest BCUT2D eigenvalue weighted by molar-refractivity contribution is 7.52. The van der Waals surface area contributed by atoms with Gasteiger partial charge in [-0.15, -0.1) is 0 Å². The Morgan fingerprint density at radius 1 is 1.50 bits per heavy atom. The first-order valence-electron chi connectivity index (χ1n) is 2.70. The summed E-state index contributed by atoms with van der Waals surface area (Å²) in [6.45, 7) is 0. The molecule has 8 nitrogen and oxygen atoms in total. The van der Waals surface area contributed by atoms with Gasteiger partial charge in [0.2, 0.25) is 0 Å². The molecule has 0 amide bonds. The summed E-state index contributed by atoms with van der Waals surface area (Å²) >= 11 is 0. The van der Waals surface area contributed by atoms with Crippen LogP contribution >= 0.6 is 7.60 Å². The lowest BCUT2D eigenvalue weighted by molar-refractivity contribution is -0.147. The molecular formula is C3H9N2O6P. The van der Waals surface area contributed by atoms with Gasteiger partial charge in [-0.3, -0.25) is 4.57 Å². The number of nitrogens with two attached hydrogens (primary N) is 2. The highest BCUT2D eigenvalue weighted by Crippen LogP contribution is 2.40. The summed E-state index contributed by atoms with van der Waals surface area (Å²) in [6, 6.07) is -1.85. The molecule has 0 spiro atoms. The Morgan fingerprint density at radius 3 is 2.17 bits per heavy atom. The van der Waals surface area contributed by atoms with Crippen LogP contribution < -0.4 is 11.6 Å². The average molecular weight is 200 g/mol. The van der Waals surface area contributed by atoms with Gasteiger partial charge in [-0.25, -0.2) is 4.79 Å². The van der Waals surface area contributed by atoms with Gasteiger partial charge in [0.25, 0.3) is 0 Å². The van der Waals surface area contributed by atoms with E-state index >= 15 is 0 Å². The number of aliphatic hydroxyl groups excluding tert-OH is 1. The summed E-state index contributed by atoms with van der Waals surface area (Å²) in [5.41, 5.74) is 4.86. The van der Waals surface area contributed by atoms with Crippen LogP contribution in [-0.2, 0) is 14.2 Å². The number of hydrogen-bond acceptors (Lipinski definition) is 6. The lowest BCUT2D eigenvalue weighted by Gasteiger charge is -2.16. The van der Waals surface area contributed by atoms with E-state index in [1.54, 1.807) is 0 Å². The fraction of sp³-hybridized carbons (Fsp3) is 0.667. The molecule has 0 heterocycles. The first-order chi connectivity index (χ1) is 5.30. The minimum absolute atomic E-state index is 1.30. The summed E-state index contributed by atoms with van der Waals surface area (Å²) < 4.78 is 10.3. The predicted octanol–water partition coefficient (Wildman–Crippen LogP) is -2.77. The smallest absolute Gasteiger partial charge is 0.356 e. The largest absolute Gasteiger partial charge is 0.379 e. The van der Waals surface area contributed by atoms with Crippen LogP contribution in [0.1, 0.15) is 0 Å². The van der Waals surface area contributed by atoms with Crippen LogP contribution in [0.3, 0.4) is 0 Å². The molecule has 0 rings (SSSR count). The molecule has 0 fully saturated rings. The molecule has 0 aliphatic rings. The highest BCUT2D eigenvalue weighted by atomic mass is 31.2. The molecule has 72 valence electrons. The minimum Gasteiger partial charge on any atom is -0.379 e. The third-order valence-electron chi connectivity index (χ3n) is 1.05. The van der Waals surface area contributed by atoms with Crippen molar-refractivity contribution in [3.63, 3.8) is 0 Å². The van der Waals surface area contributed by atoms with Crippen molar-refractivity contribution in [3.05, 3.63) is 0 Å². The molecule has 12 heavy (non-hydrogen) atoms. The van der Waals surface area contributed by atoms with Crippen molar-refractivity contribution in [1.29, 1.82) is 0 Å². The second kappa shape index (κ2) is 3.94. The Balaban J connectivity index is 4.40. The van der Waals surface area contributed by atoms with Gasteiger partial charge in [-0.2, -0.15) is 5.90 Å². The maximum absolute atomic E-state index is 10.4. The molecule has 0 bridgehead atoms. The summed E-state index contributed by atoms with van der Waals surface area (Å²) in [4.78, 5) is 30.7. The molecule has 1 unspecified atom stereocenters. The Kier molecular flexibility index (Phi) is 3.78. The standard InChI is InChI=1S/C3H9N2O6P/c4-1(2(6)11-5)3(7)12(8,9)10/h1,3,7H,4-5H2,(H2,8,9,10)/t1-,3?/m1/s1. The van der Waals surface area contributed by atoms with Crippen molar-refractivity contribution in [2.75, 3.05) is 0 Å². The van der Waals surface area contributed by atoms with Gasteiger partial charge in [-0.1, -0.05) is 0 Å². The first-order valence-corrected chi connectivity index (χ1v) is 4.38. The van der Waals surface area contributed by atoms with Crippen molar-refractivity contribution in [2.24, 2.45) is 11.6 Å². The van der Waals surface area contributed by atoms with Crippen LogP contribution in [0.4, 0.5) is 0 Å². The number of aliphatic hydroxyl groups is 1. The Hall–Kier alpha value is -0.500. The second-order valence-electron chi connectivity index (χ2n) is 1.97.